The van der Waals surface area contributed by atoms with E-state index in [4.69, 9.17) is 9.47 Å². The van der Waals surface area contributed by atoms with Gasteiger partial charge in [-0.05, 0) is 37.7 Å². The third-order valence-corrected chi connectivity index (χ3v) is 3.88. The Balaban J connectivity index is 2.15. The second kappa shape index (κ2) is 6.35. The van der Waals surface area contributed by atoms with Crippen molar-refractivity contribution in [1.29, 1.82) is 0 Å². The van der Waals surface area contributed by atoms with Gasteiger partial charge in [0.15, 0.2) is 5.78 Å². The Hall–Kier alpha value is -1.42. The summed E-state index contributed by atoms with van der Waals surface area (Å²) < 4.78 is 10.5. The van der Waals surface area contributed by atoms with Gasteiger partial charge >= 0.3 is 5.97 Å². The molecule has 1 aliphatic carbocycles. The number of cyclic esters (lactones) is 1. The van der Waals surface area contributed by atoms with Gasteiger partial charge < -0.3 is 9.47 Å². The Bertz CT molecular complexity index is 459. The second-order valence-electron chi connectivity index (χ2n) is 5.69. The number of hydrogen-bond acceptors (Lipinski definition) is 4. The van der Waals surface area contributed by atoms with E-state index >= 15 is 0 Å². The van der Waals surface area contributed by atoms with Crippen LogP contribution in [0, 0.1) is 11.8 Å². The van der Waals surface area contributed by atoms with E-state index in [1.807, 2.05) is 6.92 Å². The van der Waals surface area contributed by atoms with Gasteiger partial charge in [-0.15, -0.1) is 0 Å². The molecule has 0 aromatic rings. The molecular formula is C16H22O4. The highest BCUT2D eigenvalue weighted by molar-refractivity contribution is 5.91. The summed E-state index contributed by atoms with van der Waals surface area (Å²) in [6.45, 7) is 6.68. The summed E-state index contributed by atoms with van der Waals surface area (Å²) >= 11 is 0. The van der Waals surface area contributed by atoms with Crippen LogP contribution in [0.1, 0.15) is 40.0 Å². The summed E-state index contributed by atoms with van der Waals surface area (Å²) in [6, 6.07) is 0. The molecule has 0 saturated heterocycles. The van der Waals surface area contributed by atoms with Gasteiger partial charge in [-0.25, -0.2) is 4.79 Å². The molecule has 2 aliphatic rings. The molecule has 0 N–H and O–H groups in total. The van der Waals surface area contributed by atoms with Crippen molar-refractivity contribution in [3.63, 3.8) is 0 Å². The fraction of sp³-hybridized carbons (Fsp3) is 0.625. The topological polar surface area (TPSA) is 52.6 Å². The van der Waals surface area contributed by atoms with Crippen molar-refractivity contribution < 1.29 is 19.1 Å². The highest BCUT2D eigenvalue weighted by atomic mass is 16.7. The highest BCUT2D eigenvalue weighted by Gasteiger charge is 2.31. The number of hydrogen-bond donors (Lipinski definition) is 0. The Kier molecular flexibility index (Phi) is 4.76. The van der Waals surface area contributed by atoms with Crippen molar-refractivity contribution in [2.45, 2.75) is 46.3 Å². The van der Waals surface area contributed by atoms with E-state index in [0.717, 1.165) is 17.6 Å². The predicted octanol–water partition coefficient (Wildman–Crippen LogP) is 2.78. The molecule has 0 aromatic heterocycles. The number of allylic oxidation sites excluding steroid dienone is 2. The van der Waals surface area contributed by atoms with Crippen LogP contribution in [0.5, 0.6) is 0 Å². The Morgan fingerprint density at radius 3 is 2.70 bits per heavy atom. The van der Waals surface area contributed by atoms with E-state index in [0.29, 0.717) is 31.3 Å². The Morgan fingerprint density at radius 1 is 1.30 bits per heavy atom. The van der Waals surface area contributed by atoms with Crippen molar-refractivity contribution in [1.82, 2.24) is 0 Å². The lowest BCUT2D eigenvalue weighted by Crippen LogP contribution is -2.22. The first-order valence-electron chi connectivity index (χ1n) is 7.27. The zero-order valence-electron chi connectivity index (χ0n) is 12.3. The minimum absolute atomic E-state index is 0.177. The minimum Gasteiger partial charge on any atom is -0.428 e. The molecule has 0 radical (unpaired) electrons. The maximum Gasteiger partial charge on any atom is 0.333 e. The molecule has 2 rings (SSSR count). The van der Waals surface area contributed by atoms with E-state index in [1.165, 1.54) is 6.08 Å². The molecule has 20 heavy (non-hydrogen) atoms. The normalized spacial score (nSPS) is 26.6. The summed E-state index contributed by atoms with van der Waals surface area (Å²) in [6.07, 6.45) is 4.77. The second-order valence-corrected chi connectivity index (χ2v) is 5.69. The Morgan fingerprint density at radius 2 is 2.05 bits per heavy atom. The number of ether oxygens (including phenoxy) is 2. The predicted molar refractivity (Wildman–Crippen MR) is 74.9 cm³/mol. The number of ketones is 1. The Labute approximate surface area is 119 Å². The highest BCUT2D eigenvalue weighted by Crippen LogP contribution is 2.35. The van der Waals surface area contributed by atoms with E-state index in [2.05, 4.69) is 13.8 Å². The molecule has 0 fully saturated rings. The molecule has 4 heteroatoms. The van der Waals surface area contributed by atoms with Crippen molar-refractivity contribution in [2.75, 3.05) is 6.61 Å². The van der Waals surface area contributed by atoms with Crippen molar-refractivity contribution in [3.05, 3.63) is 23.3 Å². The third kappa shape index (κ3) is 3.37. The molecular weight excluding hydrogens is 256 g/mol. The maximum atomic E-state index is 11.7. The molecule has 2 atom stereocenters. The third-order valence-electron chi connectivity index (χ3n) is 3.88. The minimum atomic E-state index is -0.585. The number of esters is 1. The van der Waals surface area contributed by atoms with Gasteiger partial charge in [0.05, 0.1) is 0 Å². The van der Waals surface area contributed by atoms with Crippen LogP contribution in [0.15, 0.2) is 23.3 Å². The van der Waals surface area contributed by atoms with Gasteiger partial charge in [-0.1, -0.05) is 19.4 Å². The molecule has 0 spiro atoms. The lowest BCUT2D eigenvalue weighted by Gasteiger charge is -2.28. The molecule has 0 amide bonds. The van der Waals surface area contributed by atoms with Gasteiger partial charge in [0.25, 0.3) is 0 Å². The van der Waals surface area contributed by atoms with Gasteiger partial charge in [0, 0.05) is 24.7 Å². The van der Waals surface area contributed by atoms with Crippen LogP contribution in [0.3, 0.4) is 0 Å². The van der Waals surface area contributed by atoms with Crippen LogP contribution in [0.4, 0.5) is 0 Å². The average molecular weight is 278 g/mol. The first-order chi connectivity index (χ1) is 9.51. The monoisotopic (exact) mass is 278 g/mol. The largest absolute Gasteiger partial charge is 0.428 e. The summed E-state index contributed by atoms with van der Waals surface area (Å²) in [7, 11) is 0. The molecule has 0 bridgehead atoms. The smallest absolute Gasteiger partial charge is 0.333 e. The standard InChI is InChI=1S/C16H22O4/c1-4-19-16-12(9-15(18)20-16)7-11-8-13(17)5-6-14(11)10(2)3/h8-10,14,16H,4-7H2,1-3H3/t14-,16-/m1/s1. The lowest BCUT2D eigenvalue weighted by molar-refractivity contribution is -0.158. The van der Waals surface area contributed by atoms with E-state index in [1.54, 1.807) is 6.08 Å². The van der Waals surface area contributed by atoms with Crippen LogP contribution in [0.2, 0.25) is 0 Å². The SMILES string of the molecule is CCO[C@@H]1OC(=O)C=C1CC1=CC(=O)CC[C@@H]1C(C)C. The van der Waals surface area contributed by atoms with Gasteiger partial charge in [-0.2, -0.15) is 0 Å². The lowest BCUT2D eigenvalue weighted by atomic mass is 9.77. The quantitative estimate of drug-likeness (QED) is 0.726. The molecule has 1 aliphatic heterocycles. The average Bonchev–Trinajstić information content (AvgIpc) is 2.69. The maximum absolute atomic E-state index is 11.7. The molecule has 0 saturated carbocycles. The molecule has 0 unspecified atom stereocenters. The number of carbonyl (C=O) groups is 2. The van der Waals surface area contributed by atoms with Crippen molar-refractivity contribution >= 4 is 11.8 Å². The number of rotatable bonds is 5. The fourth-order valence-electron chi connectivity index (χ4n) is 2.91. The molecule has 0 aromatic carbocycles. The van der Waals surface area contributed by atoms with Crippen LogP contribution >= 0.6 is 0 Å². The summed E-state index contributed by atoms with van der Waals surface area (Å²) in [5, 5.41) is 0. The van der Waals surface area contributed by atoms with E-state index < -0.39 is 6.29 Å². The van der Waals surface area contributed by atoms with Crippen LogP contribution in [-0.4, -0.2) is 24.6 Å². The zero-order valence-corrected chi connectivity index (χ0v) is 12.3. The first kappa shape index (κ1) is 15.0. The fourth-order valence-corrected chi connectivity index (χ4v) is 2.91. The first-order valence-corrected chi connectivity index (χ1v) is 7.27. The summed E-state index contributed by atoms with van der Waals surface area (Å²) in [4.78, 5) is 23.1. The van der Waals surface area contributed by atoms with Crippen molar-refractivity contribution in [3.8, 4) is 0 Å². The molecule has 4 nitrogen and oxygen atoms in total. The van der Waals surface area contributed by atoms with Crippen LogP contribution < -0.4 is 0 Å². The van der Waals surface area contributed by atoms with Gasteiger partial charge in [-0.3, -0.25) is 4.79 Å². The van der Waals surface area contributed by atoms with Gasteiger partial charge in [0.1, 0.15) is 0 Å². The van der Waals surface area contributed by atoms with Gasteiger partial charge in [0.2, 0.25) is 6.29 Å². The van der Waals surface area contributed by atoms with Crippen LogP contribution in [-0.2, 0) is 19.1 Å². The molecule has 1 heterocycles. The van der Waals surface area contributed by atoms with Crippen molar-refractivity contribution in [2.24, 2.45) is 11.8 Å². The molecule has 110 valence electrons. The number of carbonyl (C=O) groups excluding carboxylic acids is 2. The van der Waals surface area contributed by atoms with E-state index in [-0.39, 0.29) is 11.8 Å². The zero-order chi connectivity index (χ0) is 14.7. The van der Waals surface area contributed by atoms with Crippen LogP contribution in [0.25, 0.3) is 0 Å². The van der Waals surface area contributed by atoms with E-state index in [9.17, 15) is 9.59 Å². The summed E-state index contributed by atoms with van der Waals surface area (Å²) in [5.41, 5.74) is 1.92. The summed E-state index contributed by atoms with van der Waals surface area (Å²) in [5.74, 6) is 0.697.